The first-order valence-corrected chi connectivity index (χ1v) is 8.45. The largest absolute Gasteiger partial charge is 0.385 e. The Hall–Kier alpha value is -0.600. The van der Waals surface area contributed by atoms with Gasteiger partial charge in [0.05, 0.1) is 6.04 Å². The van der Waals surface area contributed by atoms with Gasteiger partial charge in [-0.1, -0.05) is 6.92 Å². The third-order valence-electron chi connectivity index (χ3n) is 4.31. The molecule has 2 amide bonds. The van der Waals surface area contributed by atoms with Crippen molar-refractivity contribution in [2.45, 2.75) is 26.3 Å². The van der Waals surface area contributed by atoms with Crippen LogP contribution < -0.4 is 10.6 Å². The van der Waals surface area contributed by atoms with E-state index < -0.39 is 0 Å². The summed E-state index contributed by atoms with van der Waals surface area (Å²) in [5.41, 5.74) is 0. The van der Waals surface area contributed by atoms with Gasteiger partial charge in [0, 0.05) is 58.9 Å². The molecule has 1 heterocycles. The number of hydrogen-bond acceptors (Lipinski definition) is 5. The van der Waals surface area contributed by atoms with E-state index >= 15 is 0 Å². The number of rotatable bonds is 9. The maximum Gasteiger partial charge on any atom is 0.237 e. The average Bonchev–Trinajstić information content (AvgIpc) is 2.57. The lowest BCUT2D eigenvalue weighted by Gasteiger charge is -2.38. The second-order valence-electron chi connectivity index (χ2n) is 6.13. The zero-order valence-electron chi connectivity index (χ0n) is 15.7. The molecule has 1 rings (SSSR count). The molecule has 7 nitrogen and oxygen atoms in total. The zero-order valence-corrected chi connectivity index (χ0v) is 17.4. The van der Waals surface area contributed by atoms with Gasteiger partial charge in [-0.25, -0.2) is 0 Å². The normalized spacial score (nSPS) is 17.0. The molecule has 0 aliphatic carbocycles. The Bertz CT molecular complexity index is 380. The lowest BCUT2D eigenvalue weighted by atomic mass is 10.1. The van der Waals surface area contributed by atoms with E-state index in [4.69, 9.17) is 4.74 Å². The number of carbonyl (C=O) groups excluding carboxylic acids is 2. The predicted molar refractivity (Wildman–Crippen MR) is 105 cm³/mol. The summed E-state index contributed by atoms with van der Waals surface area (Å²) in [6, 6.07) is -0.162. The Kier molecular flexibility index (Phi) is 15.5. The summed E-state index contributed by atoms with van der Waals surface area (Å²) >= 11 is 0. The number of methoxy groups -OCH3 is 1. The first kappa shape index (κ1) is 26.6. The second-order valence-corrected chi connectivity index (χ2v) is 6.13. The van der Waals surface area contributed by atoms with Gasteiger partial charge in [-0.2, -0.15) is 0 Å². The van der Waals surface area contributed by atoms with E-state index in [2.05, 4.69) is 15.5 Å². The summed E-state index contributed by atoms with van der Waals surface area (Å²) < 4.78 is 4.97. The van der Waals surface area contributed by atoms with E-state index in [-0.39, 0.29) is 48.6 Å². The van der Waals surface area contributed by atoms with Crippen LogP contribution in [0.25, 0.3) is 0 Å². The highest BCUT2D eigenvalue weighted by Gasteiger charge is 2.28. The fourth-order valence-corrected chi connectivity index (χ4v) is 2.78. The Balaban J connectivity index is 0. The second kappa shape index (κ2) is 14.6. The van der Waals surface area contributed by atoms with Crippen molar-refractivity contribution in [1.82, 2.24) is 20.4 Å². The summed E-state index contributed by atoms with van der Waals surface area (Å²) in [7, 11) is 3.51. The van der Waals surface area contributed by atoms with Crippen LogP contribution in [-0.2, 0) is 14.3 Å². The van der Waals surface area contributed by atoms with Gasteiger partial charge in [-0.3, -0.25) is 14.5 Å². The van der Waals surface area contributed by atoms with Crippen LogP contribution in [0.4, 0.5) is 0 Å². The maximum absolute atomic E-state index is 12.3. The molecule has 9 heteroatoms. The molecule has 25 heavy (non-hydrogen) atoms. The van der Waals surface area contributed by atoms with Gasteiger partial charge in [0.25, 0.3) is 0 Å². The molecule has 0 bridgehead atoms. The molecule has 2 N–H and O–H groups in total. The molecule has 0 saturated carbocycles. The number of halogens is 2. The molecule has 0 radical (unpaired) electrons. The SMILES string of the molecule is CNCC(C)C(=O)N1CCN(C(C)C(=O)NCCCOC)CC1.Cl.Cl. The van der Waals surface area contributed by atoms with Crippen LogP contribution in [0.1, 0.15) is 20.3 Å². The van der Waals surface area contributed by atoms with Crippen LogP contribution in [-0.4, -0.2) is 87.7 Å². The summed E-state index contributed by atoms with van der Waals surface area (Å²) in [6.07, 6.45) is 0.820. The highest BCUT2D eigenvalue weighted by Crippen LogP contribution is 2.10. The standard InChI is InChI=1S/C16H32N4O3.2ClH/c1-13(12-17-3)16(22)20-9-7-19(8-10-20)14(2)15(21)18-6-5-11-23-4;;/h13-14,17H,5-12H2,1-4H3,(H,18,21);2*1H. The van der Waals surface area contributed by atoms with Crippen molar-refractivity contribution >= 4 is 36.6 Å². The molecule has 0 spiro atoms. The first-order chi connectivity index (χ1) is 11.0. The fraction of sp³-hybridized carbons (Fsp3) is 0.875. The first-order valence-electron chi connectivity index (χ1n) is 8.45. The van der Waals surface area contributed by atoms with Crippen LogP contribution in [0.15, 0.2) is 0 Å². The van der Waals surface area contributed by atoms with Crippen molar-refractivity contribution in [1.29, 1.82) is 0 Å². The van der Waals surface area contributed by atoms with E-state index in [1.807, 2.05) is 25.8 Å². The summed E-state index contributed by atoms with van der Waals surface area (Å²) in [5.74, 6) is 0.230. The number of carbonyl (C=O) groups is 2. The highest BCUT2D eigenvalue weighted by molar-refractivity contribution is 5.85. The van der Waals surface area contributed by atoms with Gasteiger partial charge in [0.2, 0.25) is 11.8 Å². The van der Waals surface area contributed by atoms with Crippen LogP contribution in [0.2, 0.25) is 0 Å². The minimum absolute atomic E-state index is 0. The molecule has 1 saturated heterocycles. The molecule has 2 unspecified atom stereocenters. The number of piperazine rings is 1. The molecule has 2 atom stereocenters. The summed E-state index contributed by atoms with van der Waals surface area (Å²) in [6.45, 7) is 8.71. The molecule has 0 aromatic rings. The molecule has 1 aliphatic rings. The van der Waals surface area contributed by atoms with Crippen LogP contribution in [0.3, 0.4) is 0 Å². The number of amides is 2. The molecule has 0 aromatic carbocycles. The maximum atomic E-state index is 12.3. The highest BCUT2D eigenvalue weighted by atomic mass is 35.5. The van der Waals surface area contributed by atoms with Crippen LogP contribution >= 0.6 is 24.8 Å². The smallest absolute Gasteiger partial charge is 0.237 e. The Labute approximate surface area is 164 Å². The molecule has 0 aromatic heterocycles. The minimum Gasteiger partial charge on any atom is -0.385 e. The monoisotopic (exact) mass is 400 g/mol. The van der Waals surface area contributed by atoms with Crippen molar-refractivity contribution in [2.24, 2.45) is 5.92 Å². The van der Waals surface area contributed by atoms with E-state index in [1.165, 1.54) is 0 Å². The van der Waals surface area contributed by atoms with E-state index in [0.717, 1.165) is 19.5 Å². The third-order valence-corrected chi connectivity index (χ3v) is 4.31. The lowest BCUT2D eigenvalue weighted by molar-refractivity contribution is -0.137. The predicted octanol–water partition coefficient (Wildman–Crippen LogP) is 0.371. The molecule has 150 valence electrons. The molecular formula is C16H34Cl2N4O3. The van der Waals surface area contributed by atoms with Gasteiger partial charge in [0.15, 0.2) is 0 Å². The van der Waals surface area contributed by atoms with E-state index in [1.54, 1.807) is 7.11 Å². The van der Waals surface area contributed by atoms with E-state index in [9.17, 15) is 9.59 Å². The molecule has 1 aliphatic heterocycles. The van der Waals surface area contributed by atoms with Crippen molar-refractivity contribution in [2.75, 3.05) is 60.0 Å². The summed E-state index contributed by atoms with van der Waals surface area (Å²) in [4.78, 5) is 28.5. The minimum atomic E-state index is -0.162. The van der Waals surface area contributed by atoms with Gasteiger partial charge in [-0.05, 0) is 20.4 Å². The number of ether oxygens (including phenoxy) is 1. The van der Waals surface area contributed by atoms with Gasteiger partial charge < -0.3 is 20.3 Å². The average molecular weight is 401 g/mol. The van der Waals surface area contributed by atoms with E-state index in [0.29, 0.717) is 32.8 Å². The van der Waals surface area contributed by atoms with Crippen molar-refractivity contribution in [3.8, 4) is 0 Å². The molecular weight excluding hydrogens is 367 g/mol. The lowest BCUT2D eigenvalue weighted by Crippen LogP contribution is -2.56. The van der Waals surface area contributed by atoms with Crippen molar-refractivity contribution in [3.05, 3.63) is 0 Å². The van der Waals surface area contributed by atoms with Gasteiger partial charge >= 0.3 is 0 Å². The van der Waals surface area contributed by atoms with Crippen molar-refractivity contribution in [3.63, 3.8) is 0 Å². The third kappa shape index (κ3) is 9.06. The summed E-state index contributed by atoms with van der Waals surface area (Å²) in [5, 5.41) is 5.97. The van der Waals surface area contributed by atoms with Gasteiger partial charge in [0.1, 0.15) is 0 Å². The number of nitrogens with zero attached hydrogens (tertiary/aromatic N) is 2. The molecule has 1 fully saturated rings. The van der Waals surface area contributed by atoms with Crippen LogP contribution in [0.5, 0.6) is 0 Å². The number of nitrogens with one attached hydrogen (secondary N) is 2. The quantitative estimate of drug-likeness (QED) is 0.547. The van der Waals surface area contributed by atoms with Gasteiger partial charge in [-0.15, -0.1) is 24.8 Å². The Morgan fingerprint density at radius 2 is 1.72 bits per heavy atom. The number of hydrogen-bond donors (Lipinski definition) is 2. The Morgan fingerprint density at radius 3 is 2.24 bits per heavy atom. The van der Waals surface area contributed by atoms with Crippen molar-refractivity contribution < 1.29 is 14.3 Å². The Morgan fingerprint density at radius 1 is 1.12 bits per heavy atom. The zero-order chi connectivity index (χ0) is 17.2. The van der Waals surface area contributed by atoms with Crippen LogP contribution in [0, 0.1) is 5.92 Å². The topological polar surface area (TPSA) is 73.9 Å². The fourth-order valence-electron chi connectivity index (χ4n) is 2.78.